The summed E-state index contributed by atoms with van der Waals surface area (Å²) in [4.78, 5) is 12.9. The maximum absolute atomic E-state index is 10.7. The maximum Gasteiger partial charge on any atom is 0.320 e. The van der Waals surface area contributed by atoms with E-state index >= 15 is 0 Å². The molecule has 0 spiro atoms. The van der Waals surface area contributed by atoms with Crippen LogP contribution in [0.4, 0.5) is 0 Å². The summed E-state index contributed by atoms with van der Waals surface area (Å²) >= 11 is 0. The Bertz CT molecular complexity index is 197. The van der Waals surface area contributed by atoms with Gasteiger partial charge in [-0.3, -0.25) is 4.79 Å². The van der Waals surface area contributed by atoms with Crippen LogP contribution >= 0.6 is 0 Å². The molecule has 2 atom stereocenters. The Kier molecular flexibility index (Phi) is 4.35. The lowest BCUT2D eigenvalue weighted by atomic mass is 10.1. The van der Waals surface area contributed by atoms with E-state index in [9.17, 15) is 4.79 Å². The van der Waals surface area contributed by atoms with Crippen LogP contribution < -0.4 is 5.32 Å². The maximum atomic E-state index is 10.7. The topological polar surface area (TPSA) is 52.6 Å². The standard InChI is InChI=1S/C10H20N2O2/c1-8(10(13)14)11-9-4-3-6-12(2)7-5-9/h8-9,11H,3-7H2,1-2H3,(H,13,14)/t8-,9?/m0/s1. The second kappa shape index (κ2) is 5.32. The van der Waals surface area contributed by atoms with E-state index in [-0.39, 0.29) is 0 Å². The van der Waals surface area contributed by atoms with E-state index in [1.165, 1.54) is 0 Å². The average Bonchev–Trinajstić information content (AvgIpc) is 2.31. The molecule has 0 bridgehead atoms. The molecule has 0 aromatic rings. The molecule has 1 unspecified atom stereocenters. The molecule has 0 aromatic heterocycles. The number of carbonyl (C=O) groups is 1. The SMILES string of the molecule is C[C@H](NC1CCCN(C)CC1)C(=O)O. The molecule has 4 nitrogen and oxygen atoms in total. The number of rotatable bonds is 3. The Morgan fingerprint density at radius 1 is 1.50 bits per heavy atom. The fraction of sp³-hybridized carbons (Fsp3) is 0.900. The molecule has 82 valence electrons. The molecule has 1 heterocycles. The van der Waals surface area contributed by atoms with Crippen molar-refractivity contribution in [1.82, 2.24) is 10.2 Å². The van der Waals surface area contributed by atoms with Crippen LogP contribution in [-0.2, 0) is 4.79 Å². The third kappa shape index (κ3) is 3.64. The van der Waals surface area contributed by atoms with Gasteiger partial charge in [0.1, 0.15) is 6.04 Å². The van der Waals surface area contributed by atoms with Crippen molar-refractivity contribution in [1.29, 1.82) is 0 Å². The van der Waals surface area contributed by atoms with Crippen molar-refractivity contribution in [2.45, 2.75) is 38.3 Å². The van der Waals surface area contributed by atoms with Gasteiger partial charge >= 0.3 is 5.97 Å². The van der Waals surface area contributed by atoms with Crippen LogP contribution in [0.2, 0.25) is 0 Å². The molecular formula is C10H20N2O2. The summed E-state index contributed by atoms with van der Waals surface area (Å²) in [6.45, 7) is 3.89. The smallest absolute Gasteiger partial charge is 0.320 e. The van der Waals surface area contributed by atoms with Crippen molar-refractivity contribution in [3.63, 3.8) is 0 Å². The highest BCUT2D eigenvalue weighted by molar-refractivity contribution is 5.72. The van der Waals surface area contributed by atoms with Gasteiger partial charge in [0.25, 0.3) is 0 Å². The third-order valence-electron chi connectivity index (χ3n) is 2.81. The number of nitrogens with one attached hydrogen (secondary N) is 1. The van der Waals surface area contributed by atoms with E-state index in [1.807, 2.05) is 0 Å². The first-order chi connectivity index (χ1) is 6.59. The fourth-order valence-electron chi connectivity index (χ4n) is 1.83. The Morgan fingerprint density at radius 3 is 2.86 bits per heavy atom. The molecule has 1 aliphatic rings. The van der Waals surface area contributed by atoms with Gasteiger partial charge in [0.2, 0.25) is 0 Å². The van der Waals surface area contributed by atoms with Crippen LogP contribution in [0.15, 0.2) is 0 Å². The molecule has 1 aliphatic heterocycles. The molecule has 1 saturated heterocycles. The molecule has 1 rings (SSSR count). The van der Waals surface area contributed by atoms with E-state index in [0.717, 1.165) is 32.4 Å². The highest BCUT2D eigenvalue weighted by Gasteiger charge is 2.19. The number of hydrogen-bond donors (Lipinski definition) is 2. The van der Waals surface area contributed by atoms with Gasteiger partial charge in [-0.25, -0.2) is 0 Å². The molecule has 0 amide bonds. The van der Waals surface area contributed by atoms with Crippen molar-refractivity contribution in [3.05, 3.63) is 0 Å². The summed E-state index contributed by atoms with van der Waals surface area (Å²) in [5.41, 5.74) is 0. The summed E-state index contributed by atoms with van der Waals surface area (Å²) in [5.74, 6) is -0.761. The minimum absolute atomic E-state index is 0.367. The summed E-state index contributed by atoms with van der Waals surface area (Å²) in [5, 5.41) is 11.9. The normalized spacial score (nSPS) is 26.9. The number of nitrogens with zero attached hydrogens (tertiary/aromatic N) is 1. The lowest BCUT2D eigenvalue weighted by molar-refractivity contribution is -0.139. The summed E-state index contributed by atoms with van der Waals surface area (Å²) in [6, 6.07) is -0.0607. The summed E-state index contributed by atoms with van der Waals surface area (Å²) < 4.78 is 0. The highest BCUT2D eigenvalue weighted by Crippen LogP contribution is 2.10. The number of aliphatic carboxylic acids is 1. The van der Waals surface area contributed by atoms with Gasteiger partial charge in [-0.1, -0.05) is 0 Å². The zero-order chi connectivity index (χ0) is 10.6. The molecule has 14 heavy (non-hydrogen) atoms. The predicted octanol–water partition coefficient (Wildman–Crippen LogP) is 0.533. The molecule has 1 fully saturated rings. The van der Waals surface area contributed by atoms with Gasteiger partial charge in [0, 0.05) is 6.04 Å². The van der Waals surface area contributed by atoms with Gasteiger partial charge < -0.3 is 15.3 Å². The van der Waals surface area contributed by atoms with Gasteiger partial charge in [-0.05, 0) is 46.3 Å². The van der Waals surface area contributed by atoms with Gasteiger partial charge in [0.15, 0.2) is 0 Å². The predicted molar refractivity (Wildman–Crippen MR) is 55.4 cm³/mol. The van der Waals surface area contributed by atoms with Gasteiger partial charge in [0.05, 0.1) is 0 Å². The zero-order valence-corrected chi connectivity index (χ0v) is 8.99. The highest BCUT2D eigenvalue weighted by atomic mass is 16.4. The Labute approximate surface area is 85.3 Å². The first kappa shape index (κ1) is 11.5. The van der Waals surface area contributed by atoms with Crippen LogP contribution in [0, 0.1) is 0 Å². The van der Waals surface area contributed by atoms with Crippen molar-refractivity contribution >= 4 is 5.97 Å². The lowest BCUT2D eigenvalue weighted by Crippen LogP contribution is -2.41. The minimum atomic E-state index is -0.761. The van der Waals surface area contributed by atoms with Crippen LogP contribution in [0.3, 0.4) is 0 Å². The number of hydrogen-bond acceptors (Lipinski definition) is 3. The van der Waals surface area contributed by atoms with Crippen molar-refractivity contribution in [2.75, 3.05) is 20.1 Å². The Balaban J connectivity index is 2.33. The van der Waals surface area contributed by atoms with Crippen LogP contribution in [0.1, 0.15) is 26.2 Å². The number of likely N-dealkylation sites (tertiary alicyclic amines) is 1. The average molecular weight is 200 g/mol. The van der Waals surface area contributed by atoms with Crippen molar-refractivity contribution in [2.24, 2.45) is 0 Å². The fourth-order valence-corrected chi connectivity index (χ4v) is 1.83. The van der Waals surface area contributed by atoms with Crippen molar-refractivity contribution in [3.8, 4) is 0 Å². The van der Waals surface area contributed by atoms with Crippen LogP contribution in [-0.4, -0.2) is 48.2 Å². The summed E-state index contributed by atoms with van der Waals surface area (Å²) in [7, 11) is 2.11. The van der Waals surface area contributed by atoms with Crippen LogP contribution in [0.25, 0.3) is 0 Å². The molecule has 0 aliphatic carbocycles. The Morgan fingerprint density at radius 2 is 2.21 bits per heavy atom. The number of carboxylic acid groups (broad SMARTS) is 1. The zero-order valence-electron chi connectivity index (χ0n) is 8.99. The van der Waals surface area contributed by atoms with Gasteiger partial charge in [-0.15, -0.1) is 0 Å². The van der Waals surface area contributed by atoms with Crippen LogP contribution in [0.5, 0.6) is 0 Å². The molecule has 0 aromatic carbocycles. The largest absolute Gasteiger partial charge is 0.480 e. The first-order valence-corrected chi connectivity index (χ1v) is 5.27. The molecule has 2 N–H and O–H groups in total. The second-order valence-electron chi connectivity index (χ2n) is 4.16. The number of carboxylic acids is 1. The van der Waals surface area contributed by atoms with E-state index < -0.39 is 12.0 Å². The van der Waals surface area contributed by atoms with E-state index in [1.54, 1.807) is 6.92 Å². The van der Waals surface area contributed by atoms with E-state index in [4.69, 9.17) is 5.11 Å². The van der Waals surface area contributed by atoms with E-state index in [2.05, 4.69) is 17.3 Å². The Hall–Kier alpha value is -0.610. The van der Waals surface area contributed by atoms with E-state index in [0.29, 0.717) is 6.04 Å². The monoisotopic (exact) mass is 200 g/mol. The quantitative estimate of drug-likeness (QED) is 0.698. The summed E-state index contributed by atoms with van der Waals surface area (Å²) in [6.07, 6.45) is 3.29. The molecule has 4 heteroatoms. The minimum Gasteiger partial charge on any atom is -0.480 e. The second-order valence-corrected chi connectivity index (χ2v) is 4.16. The van der Waals surface area contributed by atoms with Crippen molar-refractivity contribution < 1.29 is 9.90 Å². The molecular weight excluding hydrogens is 180 g/mol. The third-order valence-corrected chi connectivity index (χ3v) is 2.81. The first-order valence-electron chi connectivity index (χ1n) is 5.27. The molecule has 0 saturated carbocycles. The molecule has 0 radical (unpaired) electrons. The van der Waals surface area contributed by atoms with Gasteiger partial charge in [-0.2, -0.15) is 0 Å². The lowest BCUT2D eigenvalue weighted by Gasteiger charge is -2.19.